The highest BCUT2D eigenvalue weighted by Crippen LogP contribution is 2.23. The number of para-hydroxylation sites is 1. The van der Waals surface area contributed by atoms with Gasteiger partial charge in [0.1, 0.15) is 12.1 Å². The normalized spacial score (nSPS) is 24.2. The lowest BCUT2D eigenvalue weighted by Crippen LogP contribution is -2.57. The van der Waals surface area contributed by atoms with Gasteiger partial charge in [-0.3, -0.25) is 9.59 Å². The number of hydrogen-bond acceptors (Lipinski definition) is 4. The first-order chi connectivity index (χ1) is 11.2. The van der Waals surface area contributed by atoms with Crippen LogP contribution in [0, 0.1) is 0 Å². The van der Waals surface area contributed by atoms with Gasteiger partial charge in [0.15, 0.2) is 0 Å². The van der Waals surface area contributed by atoms with Crippen LogP contribution in [-0.2, 0) is 14.3 Å². The Kier molecular flexibility index (Phi) is 6.60. The Morgan fingerprint density at radius 1 is 1.33 bits per heavy atom. The average Bonchev–Trinajstić information content (AvgIpc) is 2.62. The van der Waals surface area contributed by atoms with Crippen molar-refractivity contribution >= 4 is 29.9 Å². The molecule has 2 unspecified atom stereocenters. The number of hydrogen-bond donors (Lipinski definition) is 1. The van der Waals surface area contributed by atoms with Crippen LogP contribution in [0.2, 0.25) is 0 Å². The second-order valence-corrected chi connectivity index (χ2v) is 6.00. The van der Waals surface area contributed by atoms with E-state index in [4.69, 9.17) is 4.74 Å². The molecule has 2 aliphatic rings. The van der Waals surface area contributed by atoms with Gasteiger partial charge < -0.3 is 19.9 Å². The maximum absolute atomic E-state index is 12.8. The summed E-state index contributed by atoms with van der Waals surface area (Å²) in [6.07, 6.45) is 1.09. The van der Waals surface area contributed by atoms with Crippen LogP contribution in [0.4, 0.5) is 5.69 Å². The van der Waals surface area contributed by atoms with Gasteiger partial charge in [0.05, 0.1) is 6.61 Å². The molecule has 1 N–H and O–H groups in total. The third kappa shape index (κ3) is 3.88. The molecule has 2 amide bonds. The summed E-state index contributed by atoms with van der Waals surface area (Å²) >= 11 is 0. The topological polar surface area (TPSA) is 61.9 Å². The number of amides is 2. The van der Waals surface area contributed by atoms with E-state index in [9.17, 15) is 9.59 Å². The van der Waals surface area contributed by atoms with E-state index in [-0.39, 0.29) is 24.2 Å². The highest BCUT2D eigenvalue weighted by atomic mass is 35.5. The van der Waals surface area contributed by atoms with Gasteiger partial charge in [-0.2, -0.15) is 0 Å². The Balaban J connectivity index is 0.00000208. The molecule has 1 aromatic carbocycles. The largest absolute Gasteiger partial charge is 0.366 e. The van der Waals surface area contributed by atoms with Crippen LogP contribution in [0.5, 0.6) is 0 Å². The van der Waals surface area contributed by atoms with Crippen molar-refractivity contribution in [3.8, 4) is 0 Å². The molecule has 2 fully saturated rings. The summed E-state index contributed by atoms with van der Waals surface area (Å²) in [5.74, 6) is -0.132. The molecular formula is C17H24ClN3O3. The van der Waals surface area contributed by atoms with Crippen LogP contribution in [0.3, 0.4) is 0 Å². The SMILES string of the molecule is CN(C(=O)C1CNCCO1)C1CCCN(c2ccccc2)C1=O.Cl. The van der Waals surface area contributed by atoms with Crippen molar-refractivity contribution in [1.82, 2.24) is 10.2 Å². The lowest BCUT2D eigenvalue weighted by atomic mass is 10.0. The number of nitrogens with zero attached hydrogens (tertiary/aromatic N) is 2. The third-order valence-electron chi connectivity index (χ3n) is 4.50. The number of halogens is 1. The van der Waals surface area contributed by atoms with Gasteiger partial charge in [-0.25, -0.2) is 0 Å². The van der Waals surface area contributed by atoms with Crippen LogP contribution in [0.1, 0.15) is 12.8 Å². The summed E-state index contributed by atoms with van der Waals surface area (Å²) in [6.45, 7) is 2.49. The van der Waals surface area contributed by atoms with E-state index in [0.717, 1.165) is 18.7 Å². The summed E-state index contributed by atoms with van der Waals surface area (Å²) in [7, 11) is 1.71. The molecule has 0 bridgehead atoms. The van der Waals surface area contributed by atoms with E-state index in [1.807, 2.05) is 30.3 Å². The number of rotatable bonds is 3. The predicted octanol–water partition coefficient (Wildman–Crippen LogP) is 1.05. The van der Waals surface area contributed by atoms with Gasteiger partial charge in [-0.15, -0.1) is 12.4 Å². The number of carbonyl (C=O) groups excluding carboxylic acids is 2. The third-order valence-corrected chi connectivity index (χ3v) is 4.50. The van der Waals surface area contributed by atoms with Gasteiger partial charge in [0.25, 0.3) is 5.91 Å². The monoisotopic (exact) mass is 353 g/mol. The van der Waals surface area contributed by atoms with E-state index in [2.05, 4.69) is 5.32 Å². The van der Waals surface area contributed by atoms with E-state index in [1.54, 1.807) is 16.8 Å². The second-order valence-electron chi connectivity index (χ2n) is 6.00. The minimum atomic E-state index is -0.492. The molecule has 2 heterocycles. The number of likely N-dealkylation sites (N-methyl/N-ethyl adjacent to an activating group) is 1. The van der Waals surface area contributed by atoms with Crippen molar-refractivity contribution in [2.45, 2.75) is 25.0 Å². The zero-order valence-electron chi connectivity index (χ0n) is 13.8. The van der Waals surface area contributed by atoms with E-state index >= 15 is 0 Å². The standard InChI is InChI=1S/C17H23N3O3.ClH/c1-19(17(22)15-12-18-9-11-23-15)14-8-5-10-20(16(14)21)13-6-3-2-4-7-13;/h2-4,6-7,14-15,18H,5,8-12H2,1H3;1H. The fourth-order valence-electron chi connectivity index (χ4n) is 3.18. The molecule has 0 saturated carbocycles. The number of benzene rings is 1. The number of piperidine rings is 1. The van der Waals surface area contributed by atoms with E-state index < -0.39 is 12.1 Å². The smallest absolute Gasteiger partial charge is 0.253 e. The van der Waals surface area contributed by atoms with Gasteiger partial charge >= 0.3 is 0 Å². The van der Waals surface area contributed by atoms with Crippen LogP contribution in [0.25, 0.3) is 0 Å². The Hall–Kier alpha value is -1.63. The van der Waals surface area contributed by atoms with Crippen molar-refractivity contribution < 1.29 is 14.3 Å². The lowest BCUT2D eigenvalue weighted by molar-refractivity contribution is -0.149. The van der Waals surface area contributed by atoms with Gasteiger partial charge in [-0.05, 0) is 25.0 Å². The zero-order chi connectivity index (χ0) is 16.2. The number of anilines is 1. The molecule has 2 atom stereocenters. The van der Waals surface area contributed by atoms with Crippen molar-refractivity contribution in [3.05, 3.63) is 30.3 Å². The zero-order valence-corrected chi connectivity index (χ0v) is 14.6. The van der Waals surface area contributed by atoms with Gasteiger partial charge in [0.2, 0.25) is 5.91 Å². The molecule has 6 nitrogen and oxygen atoms in total. The molecule has 132 valence electrons. The van der Waals surface area contributed by atoms with Crippen LogP contribution in [-0.4, -0.2) is 62.1 Å². The summed E-state index contributed by atoms with van der Waals surface area (Å²) in [5, 5.41) is 3.15. The van der Waals surface area contributed by atoms with Crippen LogP contribution < -0.4 is 10.2 Å². The molecule has 24 heavy (non-hydrogen) atoms. The lowest BCUT2D eigenvalue weighted by Gasteiger charge is -2.38. The Morgan fingerprint density at radius 2 is 2.08 bits per heavy atom. The number of morpholine rings is 1. The van der Waals surface area contributed by atoms with Gasteiger partial charge in [-0.1, -0.05) is 18.2 Å². The molecule has 0 radical (unpaired) electrons. The summed E-state index contributed by atoms with van der Waals surface area (Å²) in [4.78, 5) is 28.7. The molecule has 1 aromatic rings. The van der Waals surface area contributed by atoms with Crippen molar-refractivity contribution in [2.24, 2.45) is 0 Å². The highest BCUT2D eigenvalue weighted by molar-refractivity contribution is 6.00. The Bertz CT molecular complexity index is 563. The minimum Gasteiger partial charge on any atom is -0.366 e. The van der Waals surface area contributed by atoms with E-state index in [1.165, 1.54) is 0 Å². The molecule has 2 aliphatic heterocycles. The molecule has 3 rings (SSSR count). The average molecular weight is 354 g/mol. The number of carbonyl (C=O) groups is 2. The molecule has 0 spiro atoms. The van der Waals surface area contributed by atoms with Crippen molar-refractivity contribution in [3.63, 3.8) is 0 Å². The number of ether oxygens (including phenoxy) is 1. The molecule has 0 aliphatic carbocycles. The second kappa shape index (κ2) is 8.46. The van der Waals surface area contributed by atoms with Crippen molar-refractivity contribution in [1.29, 1.82) is 0 Å². The first kappa shape index (κ1) is 18.7. The summed E-state index contributed by atoms with van der Waals surface area (Å²) < 4.78 is 5.52. The minimum absolute atomic E-state index is 0. The molecular weight excluding hydrogens is 330 g/mol. The van der Waals surface area contributed by atoms with E-state index in [0.29, 0.717) is 26.1 Å². The first-order valence-electron chi connectivity index (χ1n) is 8.14. The summed E-state index contributed by atoms with van der Waals surface area (Å²) in [6, 6.07) is 9.21. The highest BCUT2D eigenvalue weighted by Gasteiger charge is 2.37. The van der Waals surface area contributed by atoms with Crippen LogP contribution in [0.15, 0.2) is 30.3 Å². The molecule has 2 saturated heterocycles. The fourth-order valence-corrected chi connectivity index (χ4v) is 3.18. The maximum Gasteiger partial charge on any atom is 0.253 e. The van der Waals surface area contributed by atoms with Crippen molar-refractivity contribution in [2.75, 3.05) is 38.2 Å². The Labute approximate surface area is 148 Å². The Morgan fingerprint density at radius 3 is 2.75 bits per heavy atom. The molecule has 7 heteroatoms. The fraction of sp³-hybridized carbons (Fsp3) is 0.529. The predicted molar refractivity (Wildman–Crippen MR) is 94.4 cm³/mol. The molecule has 0 aromatic heterocycles. The first-order valence-corrected chi connectivity index (χ1v) is 8.14. The quantitative estimate of drug-likeness (QED) is 0.882. The maximum atomic E-state index is 12.8. The summed E-state index contributed by atoms with van der Waals surface area (Å²) in [5.41, 5.74) is 0.888. The van der Waals surface area contributed by atoms with Gasteiger partial charge in [0, 0.05) is 32.4 Å². The number of nitrogens with one attached hydrogen (secondary N) is 1. The van der Waals surface area contributed by atoms with Crippen LogP contribution >= 0.6 is 12.4 Å².